The van der Waals surface area contributed by atoms with Gasteiger partial charge in [0, 0.05) is 38.5 Å². The van der Waals surface area contributed by atoms with E-state index in [2.05, 4.69) is 25.6 Å². The summed E-state index contributed by atoms with van der Waals surface area (Å²) in [7, 11) is 0. The zero-order valence-corrected chi connectivity index (χ0v) is 21.5. The van der Waals surface area contributed by atoms with E-state index in [1.54, 1.807) is 11.8 Å². The molecule has 3 saturated heterocycles. The molecule has 5 rings (SSSR count). The Morgan fingerprint density at radius 1 is 1.21 bits per heavy atom. The number of nitrogens with zero attached hydrogens (tertiary/aromatic N) is 5. The van der Waals surface area contributed by atoms with Crippen molar-refractivity contribution in [3.63, 3.8) is 0 Å². The van der Waals surface area contributed by atoms with Crippen molar-refractivity contribution in [1.82, 2.24) is 35.1 Å². The molecule has 208 valence electrons. The second kappa shape index (κ2) is 11.4. The van der Waals surface area contributed by atoms with E-state index in [-0.39, 0.29) is 17.8 Å². The maximum atomic E-state index is 12.5. The Labute approximate surface area is 219 Å². The first-order chi connectivity index (χ1) is 18.4. The van der Waals surface area contributed by atoms with E-state index in [0.717, 1.165) is 32.4 Å². The highest BCUT2D eigenvalue weighted by molar-refractivity contribution is 5.83. The summed E-state index contributed by atoms with van der Waals surface area (Å²) >= 11 is 0. The van der Waals surface area contributed by atoms with E-state index in [4.69, 9.17) is 15.2 Å². The number of likely N-dealkylation sites (N-methyl/N-ethyl adjacent to an activating group) is 1. The van der Waals surface area contributed by atoms with Crippen LogP contribution < -0.4 is 16.4 Å². The van der Waals surface area contributed by atoms with Gasteiger partial charge in [0.1, 0.15) is 23.5 Å². The summed E-state index contributed by atoms with van der Waals surface area (Å²) < 4.78 is 12.7. The van der Waals surface area contributed by atoms with Crippen molar-refractivity contribution in [2.24, 2.45) is 11.8 Å². The lowest BCUT2D eigenvalue weighted by atomic mass is 9.93. The topological polar surface area (TPSA) is 190 Å². The Morgan fingerprint density at radius 3 is 2.71 bits per heavy atom. The average Bonchev–Trinajstić information content (AvgIpc) is 3.64. The lowest BCUT2D eigenvalue weighted by molar-refractivity contribution is -0.137. The lowest BCUT2D eigenvalue weighted by Crippen LogP contribution is -2.42. The van der Waals surface area contributed by atoms with Gasteiger partial charge in [-0.05, 0) is 38.6 Å². The molecule has 3 fully saturated rings. The molecule has 0 aliphatic carbocycles. The zero-order valence-electron chi connectivity index (χ0n) is 21.5. The molecule has 0 aromatic carbocycles. The number of piperidine rings is 1. The van der Waals surface area contributed by atoms with Crippen LogP contribution in [-0.4, -0.2) is 104 Å². The highest BCUT2D eigenvalue weighted by Gasteiger charge is 2.47. The van der Waals surface area contributed by atoms with E-state index in [1.807, 2.05) is 0 Å². The number of aromatic nitrogens is 4. The van der Waals surface area contributed by atoms with E-state index in [1.165, 1.54) is 10.9 Å². The van der Waals surface area contributed by atoms with Gasteiger partial charge in [0.05, 0.1) is 12.9 Å². The summed E-state index contributed by atoms with van der Waals surface area (Å²) in [6, 6.07) is 0. The molecule has 0 radical (unpaired) electrons. The van der Waals surface area contributed by atoms with Gasteiger partial charge in [-0.2, -0.15) is 0 Å². The minimum absolute atomic E-state index is 0.194. The zero-order chi connectivity index (χ0) is 26.8. The second-order valence-corrected chi connectivity index (χ2v) is 10.2. The quantitative estimate of drug-likeness (QED) is 0.299. The van der Waals surface area contributed by atoms with Gasteiger partial charge < -0.3 is 41.0 Å². The fraction of sp³-hybridized carbons (Fsp3) is 0.708. The fourth-order valence-electron chi connectivity index (χ4n) is 5.36. The Balaban J connectivity index is 1.23. The van der Waals surface area contributed by atoms with Crippen molar-refractivity contribution in [3.05, 3.63) is 12.2 Å². The molecule has 0 spiro atoms. The van der Waals surface area contributed by atoms with Crippen molar-refractivity contribution < 1.29 is 29.3 Å². The number of imidazole rings is 1. The third-order valence-electron chi connectivity index (χ3n) is 7.57. The number of ether oxygens (including phenoxy) is 2. The van der Waals surface area contributed by atoms with E-state index < -0.39 is 30.4 Å². The molecule has 14 heteroatoms. The number of nitrogens with one attached hydrogen (secondary N) is 2. The van der Waals surface area contributed by atoms with Crippen molar-refractivity contribution in [1.29, 1.82) is 0 Å². The van der Waals surface area contributed by atoms with Crippen LogP contribution >= 0.6 is 0 Å². The maximum absolute atomic E-state index is 12.5. The van der Waals surface area contributed by atoms with Crippen LogP contribution in [0.25, 0.3) is 11.2 Å². The Kier molecular flexibility index (Phi) is 7.93. The molecule has 0 saturated carbocycles. The first-order valence-electron chi connectivity index (χ1n) is 13.3. The van der Waals surface area contributed by atoms with Gasteiger partial charge in [-0.3, -0.25) is 9.36 Å². The van der Waals surface area contributed by atoms with Crippen molar-refractivity contribution in [2.75, 3.05) is 45.1 Å². The largest absolute Gasteiger partial charge is 0.449 e. The Bertz CT molecular complexity index is 1150. The number of fused-ring (bicyclic) bond motifs is 1. The molecule has 3 aliphatic heterocycles. The van der Waals surface area contributed by atoms with Crippen LogP contribution in [0.2, 0.25) is 0 Å². The summed E-state index contributed by atoms with van der Waals surface area (Å²) in [6.45, 7) is 5.64. The Hall–Kier alpha value is -3.07. The second-order valence-electron chi connectivity index (χ2n) is 10.2. The molecule has 2 aromatic rings. The van der Waals surface area contributed by atoms with Crippen LogP contribution in [0.15, 0.2) is 6.33 Å². The smallest absolute Gasteiger partial charge is 0.409 e. The molecule has 5 heterocycles. The number of carbonyl (C=O) groups is 2. The normalized spacial score (nSPS) is 28.2. The molecule has 6 N–H and O–H groups in total. The molecule has 3 aliphatic rings. The maximum Gasteiger partial charge on any atom is 0.409 e. The number of aliphatic hydroxyl groups is 2. The summed E-state index contributed by atoms with van der Waals surface area (Å²) in [5.74, 6) is 0.843. The summed E-state index contributed by atoms with van der Waals surface area (Å²) in [5, 5.41) is 26.9. The minimum atomic E-state index is -1.41. The number of hydrogen-bond donors (Lipinski definition) is 5. The Morgan fingerprint density at radius 2 is 2.00 bits per heavy atom. The first-order valence-corrected chi connectivity index (χ1v) is 13.3. The lowest BCUT2D eigenvalue weighted by Gasteiger charge is -2.31. The molecule has 14 nitrogen and oxygen atoms in total. The molecule has 0 bridgehead atoms. The van der Waals surface area contributed by atoms with Crippen molar-refractivity contribution in [2.45, 2.75) is 57.1 Å². The van der Waals surface area contributed by atoms with Gasteiger partial charge in [0.25, 0.3) is 5.91 Å². The van der Waals surface area contributed by atoms with Gasteiger partial charge in [-0.15, -0.1) is 0 Å². The summed E-state index contributed by atoms with van der Waals surface area (Å²) in [5.41, 5.74) is 6.87. The number of anilines is 1. The fourth-order valence-corrected chi connectivity index (χ4v) is 5.36. The molecule has 3 unspecified atom stereocenters. The van der Waals surface area contributed by atoms with Crippen LogP contribution in [0, 0.1) is 11.8 Å². The highest BCUT2D eigenvalue weighted by atomic mass is 16.6. The van der Waals surface area contributed by atoms with Gasteiger partial charge in [-0.25, -0.2) is 19.7 Å². The van der Waals surface area contributed by atoms with Crippen LogP contribution in [0.4, 0.5) is 10.6 Å². The molecule has 2 aromatic heterocycles. The molecule has 38 heavy (non-hydrogen) atoms. The number of nitrogens with two attached hydrogens (primary N) is 1. The van der Waals surface area contributed by atoms with Crippen LogP contribution in [0.5, 0.6) is 0 Å². The third kappa shape index (κ3) is 5.39. The minimum Gasteiger partial charge on any atom is -0.449 e. The monoisotopic (exact) mass is 532 g/mol. The predicted molar refractivity (Wildman–Crippen MR) is 135 cm³/mol. The van der Waals surface area contributed by atoms with Crippen LogP contribution in [0.3, 0.4) is 0 Å². The van der Waals surface area contributed by atoms with E-state index in [0.29, 0.717) is 55.6 Å². The predicted octanol–water partition coefficient (Wildman–Crippen LogP) is -0.836. The molecule has 2 amide bonds. The van der Waals surface area contributed by atoms with E-state index in [9.17, 15) is 19.8 Å². The number of nitrogen functional groups attached to an aromatic ring is 1. The van der Waals surface area contributed by atoms with Crippen LogP contribution in [0.1, 0.15) is 38.2 Å². The molecular weight excluding hydrogens is 496 g/mol. The highest BCUT2D eigenvalue weighted by Crippen LogP contribution is 2.32. The van der Waals surface area contributed by atoms with Gasteiger partial charge in [0.15, 0.2) is 23.8 Å². The van der Waals surface area contributed by atoms with Crippen molar-refractivity contribution >= 4 is 29.0 Å². The number of amides is 2. The summed E-state index contributed by atoms with van der Waals surface area (Å²) in [4.78, 5) is 39.8. The first kappa shape index (κ1) is 26.5. The standard InChI is InChI=1S/C24H36N8O6/c1-2-27-22(35)19-17(33)18(34)23(38-19)32-12-28-16-20(25)29-15(30-21(16)32)9-13-4-7-31(8-5-13)24(36)37-11-14-3-6-26-10-14/h12-14,17-19,23,26,33-34H,2-11H2,1H3,(H,27,35)(H2,25,29,30)/t14?,17?,18?,19-,23+/m0/s1. The van der Waals surface area contributed by atoms with Crippen molar-refractivity contribution in [3.8, 4) is 0 Å². The summed E-state index contributed by atoms with van der Waals surface area (Å²) in [6.07, 6.45) is -0.768. The molecule has 5 atom stereocenters. The number of rotatable bonds is 7. The number of carbonyl (C=O) groups excluding carboxylic acids is 2. The van der Waals surface area contributed by atoms with Gasteiger partial charge in [-0.1, -0.05) is 0 Å². The van der Waals surface area contributed by atoms with Gasteiger partial charge in [0.2, 0.25) is 0 Å². The van der Waals surface area contributed by atoms with Gasteiger partial charge >= 0.3 is 6.09 Å². The van der Waals surface area contributed by atoms with Crippen LogP contribution in [-0.2, 0) is 20.7 Å². The number of aliphatic hydroxyl groups excluding tert-OH is 2. The molecular formula is C24H36N8O6. The number of likely N-dealkylation sites (tertiary alicyclic amines) is 1. The average molecular weight is 533 g/mol. The number of hydrogen-bond acceptors (Lipinski definition) is 11. The van der Waals surface area contributed by atoms with E-state index >= 15 is 0 Å². The third-order valence-corrected chi connectivity index (χ3v) is 7.57. The SMILES string of the molecule is CCNC(=O)[C@H]1O[C@@H](n2cnc3c(N)nc(CC4CCN(C(=O)OCC5CCNC5)CC4)nc32)C(O)C1O.